The first kappa shape index (κ1) is 13.2. The molecule has 1 atom stereocenters. The summed E-state index contributed by atoms with van der Waals surface area (Å²) in [5.74, 6) is -0.243. The Balaban J connectivity index is 2.44. The standard InChI is InChI=1S/C13H17N3O/c1-2-7-16-13(17)6-5-11(9-14)12-4-3-8-15-10-12/h3-4,8,10-11H,2,5-7H2,1H3,(H,16,17). The van der Waals surface area contributed by atoms with Gasteiger partial charge in [-0.15, -0.1) is 0 Å². The zero-order valence-electron chi connectivity index (χ0n) is 10.0. The molecule has 1 aromatic rings. The van der Waals surface area contributed by atoms with Crippen LogP contribution in [0.3, 0.4) is 0 Å². The highest BCUT2D eigenvalue weighted by Gasteiger charge is 2.12. The molecule has 4 nitrogen and oxygen atoms in total. The summed E-state index contributed by atoms with van der Waals surface area (Å²) in [5.41, 5.74) is 0.873. The molecule has 0 bridgehead atoms. The van der Waals surface area contributed by atoms with Crippen molar-refractivity contribution < 1.29 is 4.79 Å². The number of rotatable bonds is 6. The molecule has 0 saturated heterocycles. The van der Waals surface area contributed by atoms with Gasteiger partial charge in [0.15, 0.2) is 0 Å². The molecular formula is C13H17N3O. The predicted octanol–water partition coefficient (Wildman–Crippen LogP) is 2.00. The van der Waals surface area contributed by atoms with Crippen molar-refractivity contribution in [2.24, 2.45) is 0 Å². The van der Waals surface area contributed by atoms with Gasteiger partial charge < -0.3 is 5.32 Å². The van der Waals surface area contributed by atoms with Gasteiger partial charge in [0.25, 0.3) is 0 Å². The SMILES string of the molecule is CCCNC(=O)CCC(C#N)c1cccnc1. The van der Waals surface area contributed by atoms with Crippen LogP contribution < -0.4 is 5.32 Å². The fraction of sp³-hybridized carbons (Fsp3) is 0.462. The number of carbonyl (C=O) groups excluding carboxylic acids is 1. The highest BCUT2D eigenvalue weighted by atomic mass is 16.1. The van der Waals surface area contributed by atoms with E-state index in [1.807, 2.05) is 13.0 Å². The maximum absolute atomic E-state index is 11.4. The van der Waals surface area contributed by atoms with Crippen LogP contribution in [0.25, 0.3) is 0 Å². The lowest BCUT2D eigenvalue weighted by molar-refractivity contribution is -0.121. The highest BCUT2D eigenvalue weighted by Crippen LogP contribution is 2.19. The smallest absolute Gasteiger partial charge is 0.220 e. The molecular weight excluding hydrogens is 214 g/mol. The van der Waals surface area contributed by atoms with Crippen molar-refractivity contribution in [1.82, 2.24) is 10.3 Å². The maximum Gasteiger partial charge on any atom is 0.220 e. The molecule has 1 amide bonds. The highest BCUT2D eigenvalue weighted by molar-refractivity contribution is 5.75. The summed E-state index contributed by atoms with van der Waals surface area (Å²) in [6.45, 7) is 2.71. The van der Waals surface area contributed by atoms with Gasteiger partial charge >= 0.3 is 0 Å². The van der Waals surface area contributed by atoms with Gasteiger partial charge in [-0.05, 0) is 24.5 Å². The molecule has 1 N–H and O–H groups in total. The van der Waals surface area contributed by atoms with Crippen molar-refractivity contribution in [2.75, 3.05) is 6.54 Å². The van der Waals surface area contributed by atoms with Gasteiger partial charge in [-0.2, -0.15) is 5.26 Å². The van der Waals surface area contributed by atoms with Gasteiger partial charge in [-0.25, -0.2) is 0 Å². The molecule has 0 spiro atoms. The summed E-state index contributed by atoms with van der Waals surface area (Å²) >= 11 is 0. The van der Waals surface area contributed by atoms with Crippen molar-refractivity contribution in [1.29, 1.82) is 5.26 Å². The number of nitriles is 1. The van der Waals surface area contributed by atoms with Crippen molar-refractivity contribution in [2.45, 2.75) is 32.1 Å². The van der Waals surface area contributed by atoms with Gasteiger partial charge in [0.05, 0.1) is 12.0 Å². The van der Waals surface area contributed by atoms with E-state index in [9.17, 15) is 4.79 Å². The van der Waals surface area contributed by atoms with Crippen molar-refractivity contribution in [3.05, 3.63) is 30.1 Å². The Morgan fingerprint density at radius 3 is 3.06 bits per heavy atom. The Morgan fingerprint density at radius 2 is 2.47 bits per heavy atom. The molecule has 17 heavy (non-hydrogen) atoms. The molecule has 1 unspecified atom stereocenters. The first-order valence-corrected chi connectivity index (χ1v) is 5.84. The number of hydrogen-bond acceptors (Lipinski definition) is 3. The van der Waals surface area contributed by atoms with E-state index in [-0.39, 0.29) is 11.8 Å². The summed E-state index contributed by atoms with van der Waals surface area (Å²) in [5, 5.41) is 11.9. The number of amides is 1. The number of aromatic nitrogens is 1. The molecule has 0 aliphatic carbocycles. The second-order valence-electron chi connectivity index (χ2n) is 3.86. The summed E-state index contributed by atoms with van der Waals surface area (Å²) in [6, 6.07) is 5.88. The summed E-state index contributed by atoms with van der Waals surface area (Å²) in [4.78, 5) is 15.4. The number of carbonyl (C=O) groups is 1. The zero-order valence-corrected chi connectivity index (χ0v) is 10.0. The topological polar surface area (TPSA) is 65.8 Å². The second kappa shape index (κ2) is 7.39. The van der Waals surface area contributed by atoms with Gasteiger partial charge in [0, 0.05) is 25.4 Å². The minimum absolute atomic E-state index is 0.0102. The fourth-order valence-electron chi connectivity index (χ4n) is 1.52. The number of nitrogens with one attached hydrogen (secondary N) is 1. The third-order valence-electron chi connectivity index (χ3n) is 2.47. The molecule has 1 rings (SSSR count). The predicted molar refractivity (Wildman–Crippen MR) is 65.1 cm³/mol. The van der Waals surface area contributed by atoms with Crippen LogP contribution in [-0.2, 0) is 4.79 Å². The molecule has 0 aromatic carbocycles. The summed E-state index contributed by atoms with van der Waals surface area (Å²) < 4.78 is 0. The third-order valence-corrected chi connectivity index (χ3v) is 2.47. The average molecular weight is 231 g/mol. The fourth-order valence-corrected chi connectivity index (χ4v) is 1.52. The van der Waals surface area contributed by atoms with Crippen LogP contribution in [0.5, 0.6) is 0 Å². The number of nitrogens with zero attached hydrogens (tertiary/aromatic N) is 2. The van der Waals surface area contributed by atoms with Crippen LogP contribution >= 0.6 is 0 Å². The summed E-state index contributed by atoms with van der Waals surface area (Å²) in [6.07, 6.45) is 5.20. The van der Waals surface area contributed by atoms with Crippen LogP contribution in [0.15, 0.2) is 24.5 Å². The molecule has 0 radical (unpaired) electrons. The largest absolute Gasteiger partial charge is 0.356 e. The molecule has 0 aliphatic rings. The van der Waals surface area contributed by atoms with Crippen LogP contribution in [0, 0.1) is 11.3 Å². The van der Waals surface area contributed by atoms with E-state index in [0.717, 1.165) is 12.0 Å². The summed E-state index contributed by atoms with van der Waals surface area (Å²) in [7, 11) is 0. The Labute approximate surface area is 102 Å². The molecule has 1 aromatic heterocycles. The molecule has 0 saturated carbocycles. The molecule has 0 fully saturated rings. The van der Waals surface area contributed by atoms with Crippen LogP contribution in [0.4, 0.5) is 0 Å². The Bertz CT molecular complexity index is 383. The molecule has 90 valence electrons. The van der Waals surface area contributed by atoms with E-state index >= 15 is 0 Å². The average Bonchev–Trinajstić information content (AvgIpc) is 2.38. The van der Waals surface area contributed by atoms with E-state index in [1.165, 1.54) is 0 Å². The monoisotopic (exact) mass is 231 g/mol. The lowest BCUT2D eigenvalue weighted by Gasteiger charge is -2.08. The molecule has 1 heterocycles. The van der Waals surface area contributed by atoms with Crippen molar-refractivity contribution in [3.63, 3.8) is 0 Å². The Hall–Kier alpha value is -1.89. The maximum atomic E-state index is 11.4. The van der Waals surface area contributed by atoms with Gasteiger partial charge in [0.2, 0.25) is 5.91 Å². The van der Waals surface area contributed by atoms with Crippen LogP contribution in [-0.4, -0.2) is 17.4 Å². The minimum atomic E-state index is -0.254. The van der Waals surface area contributed by atoms with E-state index in [2.05, 4.69) is 16.4 Å². The van der Waals surface area contributed by atoms with Gasteiger partial charge in [-0.3, -0.25) is 9.78 Å². The lowest BCUT2D eigenvalue weighted by atomic mass is 9.97. The first-order valence-electron chi connectivity index (χ1n) is 5.84. The zero-order chi connectivity index (χ0) is 12.5. The first-order chi connectivity index (χ1) is 8.27. The Morgan fingerprint density at radius 1 is 1.65 bits per heavy atom. The van der Waals surface area contributed by atoms with Gasteiger partial charge in [-0.1, -0.05) is 13.0 Å². The van der Waals surface area contributed by atoms with E-state index in [4.69, 9.17) is 5.26 Å². The quantitative estimate of drug-likeness (QED) is 0.814. The van der Waals surface area contributed by atoms with E-state index in [1.54, 1.807) is 18.5 Å². The normalized spacial score (nSPS) is 11.5. The molecule has 4 heteroatoms. The minimum Gasteiger partial charge on any atom is -0.356 e. The van der Waals surface area contributed by atoms with Crippen LogP contribution in [0.2, 0.25) is 0 Å². The number of hydrogen-bond donors (Lipinski definition) is 1. The lowest BCUT2D eigenvalue weighted by Crippen LogP contribution is -2.24. The second-order valence-corrected chi connectivity index (χ2v) is 3.86. The van der Waals surface area contributed by atoms with E-state index < -0.39 is 0 Å². The molecule has 0 aliphatic heterocycles. The van der Waals surface area contributed by atoms with E-state index in [0.29, 0.717) is 19.4 Å². The Kier molecular flexibility index (Phi) is 5.73. The van der Waals surface area contributed by atoms with Crippen molar-refractivity contribution in [3.8, 4) is 6.07 Å². The van der Waals surface area contributed by atoms with Gasteiger partial charge in [0.1, 0.15) is 0 Å². The number of pyridine rings is 1. The van der Waals surface area contributed by atoms with Crippen molar-refractivity contribution >= 4 is 5.91 Å². The van der Waals surface area contributed by atoms with Crippen LogP contribution in [0.1, 0.15) is 37.7 Å². The third kappa shape index (κ3) is 4.64.